The molecule has 0 saturated carbocycles. The minimum atomic E-state index is -1.16. The molecule has 0 aliphatic carbocycles. The molecule has 1 aromatic heterocycles. The molecule has 0 amide bonds. The summed E-state index contributed by atoms with van der Waals surface area (Å²) in [7, 11) is 0. The molecule has 22 heavy (non-hydrogen) atoms. The SMILES string of the molecule is O=C(O)COc1cc(O)c2c(=O)c3cc(Cl)ccc3oc2c1. The first-order chi connectivity index (χ1) is 10.5. The van der Waals surface area contributed by atoms with E-state index in [-0.39, 0.29) is 27.9 Å². The number of carboxylic acids is 1. The number of halogens is 1. The van der Waals surface area contributed by atoms with Crippen LogP contribution in [0.5, 0.6) is 11.5 Å². The first kappa shape index (κ1) is 14.2. The van der Waals surface area contributed by atoms with Crippen LogP contribution in [-0.4, -0.2) is 22.8 Å². The number of phenols is 1. The molecule has 0 spiro atoms. The average Bonchev–Trinajstić information content (AvgIpc) is 2.45. The van der Waals surface area contributed by atoms with E-state index in [0.717, 1.165) is 0 Å². The first-order valence-electron chi connectivity index (χ1n) is 6.19. The van der Waals surface area contributed by atoms with Crippen LogP contribution in [-0.2, 0) is 4.79 Å². The highest BCUT2D eigenvalue weighted by Crippen LogP contribution is 2.31. The fourth-order valence-corrected chi connectivity index (χ4v) is 2.31. The Morgan fingerprint density at radius 1 is 1.23 bits per heavy atom. The van der Waals surface area contributed by atoms with Gasteiger partial charge >= 0.3 is 5.97 Å². The quantitative estimate of drug-likeness (QED) is 0.720. The zero-order valence-electron chi connectivity index (χ0n) is 11.0. The Morgan fingerprint density at radius 3 is 2.73 bits per heavy atom. The number of phenolic OH excluding ortho intramolecular Hbond substituents is 1. The van der Waals surface area contributed by atoms with Gasteiger partial charge in [-0.15, -0.1) is 0 Å². The van der Waals surface area contributed by atoms with Crippen LogP contribution >= 0.6 is 11.6 Å². The maximum Gasteiger partial charge on any atom is 0.341 e. The van der Waals surface area contributed by atoms with Crippen molar-refractivity contribution in [1.82, 2.24) is 0 Å². The number of aromatic hydroxyl groups is 1. The van der Waals surface area contributed by atoms with E-state index in [1.165, 1.54) is 18.2 Å². The third-order valence-electron chi connectivity index (χ3n) is 3.05. The van der Waals surface area contributed by atoms with Crippen molar-refractivity contribution in [2.45, 2.75) is 0 Å². The summed E-state index contributed by atoms with van der Waals surface area (Å²) in [6.07, 6.45) is 0. The topological polar surface area (TPSA) is 97.0 Å². The number of fused-ring (bicyclic) bond motifs is 2. The van der Waals surface area contributed by atoms with Crippen molar-refractivity contribution in [3.05, 3.63) is 45.6 Å². The second kappa shape index (κ2) is 5.23. The van der Waals surface area contributed by atoms with E-state index in [1.807, 2.05) is 0 Å². The summed E-state index contributed by atoms with van der Waals surface area (Å²) in [4.78, 5) is 22.9. The fraction of sp³-hybridized carbons (Fsp3) is 0.0667. The highest BCUT2D eigenvalue weighted by molar-refractivity contribution is 6.31. The van der Waals surface area contributed by atoms with E-state index in [1.54, 1.807) is 12.1 Å². The normalized spacial score (nSPS) is 11.0. The molecule has 0 atom stereocenters. The first-order valence-corrected chi connectivity index (χ1v) is 6.57. The molecule has 7 heteroatoms. The molecule has 2 aromatic carbocycles. The van der Waals surface area contributed by atoms with Crippen molar-refractivity contribution < 1.29 is 24.2 Å². The Kier molecular flexibility index (Phi) is 3.38. The van der Waals surface area contributed by atoms with Crippen LogP contribution in [0.2, 0.25) is 5.02 Å². The van der Waals surface area contributed by atoms with Crippen LogP contribution < -0.4 is 10.2 Å². The Hall–Kier alpha value is -2.73. The van der Waals surface area contributed by atoms with Gasteiger partial charge in [0.1, 0.15) is 28.1 Å². The summed E-state index contributed by atoms with van der Waals surface area (Å²) in [6.45, 7) is -0.571. The molecule has 3 rings (SSSR count). The molecule has 0 unspecified atom stereocenters. The smallest absolute Gasteiger partial charge is 0.341 e. The lowest BCUT2D eigenvalue weighted by Gasteiger charge is -2.07. The predicted molar refractivity (Wildman–Crippen MR) is 79.8 cm³/mol. The summed E-state index contributed by atoms with van der Waals surface area (Å²) in [5.41, 5.74) is -0.0297. The Bertz CT molecular complexity index is 960. The molecule has 1 heterocycles. The van der Waals surface area contributed by atoms with E-state index in [0.29, 0.717) is 10.6 Å². The summed E-state index contributed by atoms with van der Waals surface area (Å²) in [5.74, 6) is -1.42. The molecule has 0 saturated heterocycles. The van der Waals surface area contributed by atoms with Crippen LogP contribution in [0.3, 0.4) is 0 Å². The van der Waals surface area contributed by atoms with Gasteiger partial charge in [0.05, 0.1) is 5.39 Å². The van der Waals surface area contributed by atoms with Crippen molar-refractivity contribution in [3.63, 3.8) is 0 Å². The highest BCUT2D eigenvalue weighted by Gasteiger charge is 2.14. The molecule has 0 radical (unpaired) electrons. The number of hydrogen-bond acceptors (Lipinski definition) is 5. The number of ether oxygens (including phenoxy) is 1. The minimum Gasteiger partial charge on any atom is -0.507 e. The van der Waals surface area contributed by atoms with Crippen LogP contribution in [0.1, 0.15) is 0 Å². The van der Waals surface area contributed by atoms with Crippen molar-refractivity contribution in [1.29, 1.82) is 0 Å². The molecule has 0 aliphatic rings. The van der Waals surface area contributed by atoms with Crippen LogP contribution in [0, 0.1) is 0 Å². The number of carboxylic acid groups (broad SMARTS) is 1. The second-order valence-electron chi connectivity index (χ2n) is 4.57. The number of hydrogen-bond donors (Lipinski definition) is 2. The maximum absolute atomic E-state index is 12.4. The van der Waals surface area contributed by atoms with E-state index < -0.39 is 18.0 Å². The summed E-state index contributed by atoms with van der Waals surface area (Å²) in [5, 5.41) is 19.2. The largest absolute Gasteiger partial charge is 0.507 e. The lowest BCUT2D eigenvalue weighted by atomic mass is 10.1. The summed E-state index contributed by atoms with van der Waals surface area (Å²) < 4.78 is 10.5. The zero-order chi connectivity index (χ0) is 15.9. The van der Waals surface area contributed by atoms with Crippen LogP contribution in [0.25, 0.3) is 21.9 Å². The molecule has 0 fully saturated rings. The predicted octanol–water partition coefficient (Wildman–Crippen LogP) is 2.77. The summed E-state index contributed by atoms with van der Waals surface area (Å²) >= 11 is 5.86. The van der Waals surface area contributed by atoms with Gasteiger partial charge in [0.2, 0.25) is 5.43 Å². The molecule has 112 valence electrons. The highest BCUT2D eigenvalue weighted by atomic mass is 35.5. The molecule has 0 aliphatic heterocycles. The van der Waals surface area contributed by atoms with Gasteiger partial charge in [0, 0.05) is 17.2 Å². The van der Waals surface area contributed by atoms with Crippen LogP contribution in [0.15, 0.2) is 39.5 Å². The number of carbonyl (C=O) groups is 1. The van der Waals surface area contributed by atoms with Crippen molar-refractivity contribution in [3.8, 4) is 11.5 Å². The van der Waals surface area contributed by atoms with Gasteiger partial charge in [-0.25, -0.2) is 4.79 Å². The van der Waals surface area contributed by atoms with Gasteiger partial charge in [-0.05, 0) is 18.2 Å². The van der Waals surface area contributed by atoms with Gasteiger partial charge in [0.25, 0.3) is 0 Å². The van der Waals surface area contributed by atoms with E-state index in [2.05, 4.69) is 0 Å². The lowest BCUT2D eigenvalue weighted by Crippen LogP contribution is -2.09. The molecule has 6 nitrogen and oxygen atoms in total. The van der Waals surface area contributed by atoms with Crippen molar-refractivity contribution >= 4 is 39.5 Å². The van der Waals surface area contributed by atoms with E-state index in [9.17, 15) is 14.7 Å². The van der Waals surface area contributed by atoms with Crippen molar-refractivity contribution in [2.24, 2.45) is 0 Å². The van der Waals surface area contributed by atoms with Crippen LogP contribution in [0.4, 0.5) is 0 Å². The monoisotopic (exact) mass is 320 g/mol. The van der Waals surface area contributed by atoms with Crippen molar-refractivity contribution in [2.75, 3.05) is 6.61 Å². The van der Waals surface area contributed by atoms with E-state index in [4.69, 9.17) is 25.9 Å². The van der Waals surface area contributed by atoms with E-state index >= 15 is 0 Å². The number of rotatable bonds is 3. The second-order valence-corrected chi connectivity index (χ2v) is 5.01. The average molecular weight is 321 g/mol. The third kappa shape index (κ3) is 2.44. The molecular weight excluding hydrogens is 312 g/mol. The zero-order valence-corrected chi connectivity index (χ0v) is 11.8. The fourth-order valence-electron chi connectivity index (χ4n) is 2.14. The number of aliphatic carboxylic acids is 1. The Balaban J connectivity index is 2.26. The Morgan fingerprint density at radius 2 is 2.00 bits per heavy atom. The van der Waals surface area contributed by atoms with Gasteiger partial charge in [0.15, 0.2) is 6.61 Å². The summed E-state index contributed by atoms with van der Waals surface area (Å²) in [6, 6.07) is 7.09. The molecular formula is C15H9ClO6. The van der Waals surface area contributed by atoms with Gasteiger partial charge in [-0.2, -0.15) is 0 Å². The van der Waals surface area contributed by atoms with Gasteiger partial charge < -0.3 is 19.4 Å². The molecule has 3 aromatic rings. The number of benzene rings is 2. The van der Waals surface area contributed by atoms with Gasteiger partial charge in [-0.1, -0.05) is 11.6 Å². The lowest BCUT2D eigenvalue weighted by molar-refractivity contribution is -0.139. The van der Waals surface area contributed by atoms with Gasteiger partial charge in [-0.3, -0.25) is 4.79 Å². The molecule has 0 bridgehead atoms. The third-order valence-corrected chi connectivity index (χ3v) is 3.29. The Labute approximate surface area is 128 Å². The maximum atomic E-state index is 12.4. The standard InChI is InChI=1S/C15H9ClO6/c16-7-1-2-11-9(3-7)15(20)14-10(17)4-8(5-12(14)22-11)21-6-13(18)19/h1-5,17H,6H2,(H,18,19). The molecule has 2 N–H and O–H groups in total. The minimum absolute atomic E-state index is 0.0163.